The first-order chi connectivity index (χ1) is 12.0. The van der Waals surface area contributed by atoms with Crippen LogP contribution in [0.3, 0.4) is 0 Å². The Morgan fingerprint density at radius 2 is 1.28 bits per heavy atom. The van der Waals surface area contributed by atoms with Gasteiger partial charge in [0.05, 0.1) is 6.04 Å². The maximum Gasteiger partial charge on any atom is 0.244 e. The van der Waals surface area contributed by atoms with Crippen LogP contribution in [0.1, 0.15) is 17.2 Å². The van der Waals surface area contributed by atoms with Crippen LogP contribution in [0, 0.1) is 11.6 Å². The monoisotopic (exact) mass is 359 g/mol. The average Bonchev–Trinajstić information content (AvgIpc) is 2.61. The fourth-order valence-corrected chi connectivity index (χ4v) is 3.80. The molecule has 1 N–H and O–H groups in total. The maximum absolute atomic E-state index is 13.9. The molecule has 0 radical (unpaired) electrons. The van der Waals surface area contributed by atoms with Gasteiger partial charge in [-0.05, 0) is 23.3 Å². The Bertz CT molecular complexity index is 922. The van der Waals surface area contributed by atoms with Crippen LogP contribution in [0.4, 0.5) is 8.78 Å². The molecule has 0 fully saturated rings. The third-order valence-electron chi connectivity index (χ3n) is 3.72. The van der Waals surface area contributed by atoms with Crippen LogP contribution >= 0.6 is 0 Å². The van der Waals surface area contributed by atoms with Gasteiger partial charge in [-0.1, -0.05) is 60.7 Å². The minimum atomic E-state index is -4.19. The number of hydrogen-bond acceptors (Lipinski definition) is 2. The minimum Gasteiger partial charge on any atom is -0.207 e. The fraction of sp³-hybridized carbons (Fsp3) is 0.0526. The molecule has 0 aliphatic carbocycles. The Hall–Kier alpha value is -2.57. The summed E-state index contributed by atoms with van der Waals surface area (Å²) >= 11 is 0. The highest BCUT2D eigenvalue weighted by Crippen LogP contribution is 2.25. The van der Waals surface area contributed by atoms with Crippen molar-refractivity contribution in [1.29, 1.82) is 0 Å². The second-order valence-electron chi connectivity index (χ2n) is 5.45. The number of sulfonamides is 1. The van der Waals surface area contributed by atoms with E-state index in [9.17, 15) is 17.2 Å². The Labute approximate surface area is 145 Å². The summed E-state index contributed by atoms with van der Waals surface area (Å²) in [5, 5.41) is 0. The molecule has 3 aromatic carbocycles. The lowest BCUT2D eigenvalue weighted by molar-refractivity contribution is 0.539. The predicted molar refractivity (Wildman–Crippen MR) is 91.4 cm³/mol. The molecule has 0 unspecified atom stereocenters. The minimum absolute atomic E-state index is 0.550. The summed E-state index contributed by atoms with van der Waals surface area (Å²) in [6.07, 6.45) is 0. The number of halogens is 2. The van der Waals surface area contributed by atoms with E-state index in [4.69, 9.17) is 0 Å². The second-order valence-corrected chi connectivity index (χ2v) is 7.13. The van der Waals surface area contributed by atoms with E-state index in [-0.39, 0.29) is 0 Å². The summed E-state index contributed by atoms with van der Waals surface area (Å²) in [4.78, 5) is -0.592. The highest BCUT2D eigenvalue weighted by molar-refractivity contribution is 7.89. The van der Waals surface area contributed by atoms with Crippen molar-refractivity contribution in [2.75, 3.05) is 0 Å². The predicted octanol–water partition coefficient (Wildman–Crippen LogP) is 4.03. The molecule has 0 saturated carbocycles. The zero-order valence-electron chi connectivity index (χ0n) is 13.1. The van der Waals surface area contributed by atoms with Crippen molar-refractivity contribution >= 4 is 10.0 Å². The van der Waals surface area contributed by atoms with E-state index in [0.29, 0.717) is 17.2 Å². The van der Waals surface area contributed by atoms with Crippen molar-refractivity contribution < 1.29 is 17.2 Å². The van der Waals surface area contributed by atoms with E-state index in [0.717, 1.165) is 12.1 Å². The normalized spacial score (nSPS) is 11.6. The molecule has 0 saturated heterocycles. The first-order valence-electron chi connectivity index (χ1n) is 7.54. The topological polar surface area (TPSA) is 46.2 Å². The SMILES string of the molecule is O=S(=O)(NC(c1ccccc1)c1ccccc1)c1ccc(F)cc1F. The Morgan fingerprint density at radius 1 is 0.760 bits per heavy atom. The van der Waals surface area contributed by atoms with Gasteiger partial charge >= 0.3 is 0 Å². The molecule has 0 spiro atoms. The first kappa shape index (κ1) is 17.3. The molecule has 6 heteroatoms. The number of nitrogens with one attached hydrogen (secondary N) is 1. The van der Waals surface area contributed by atoms with Gasteiger partial charge in [-0.25, -0.2) is 17.2 Å². The molecule has 128 valence electrons. The number of rotatable bonds is 5. The quantitative estimate of drug-likeness (QED) is 0.748. The molecule has 0 aliphatic heterocycles. The average molecular weight is 359 g/mol. The molecule has 3 nitrogen and oxygen atoms in total. The Balaban J connectivity index is 2.03. The van der Waals surface area contributed by atoms with Gasteiger partial charge in [0.25, 0.3) is 0 Å². The summed E-state index contributed by atoms with van der Waals surface area (Å²) in [6.45, 7) is 0. The number of hydrogen-bond donors (Lipinski definition) is 1. The molecule has 0 amide bonds. The van der Waals surface area contributed by atoms with Crippen LogP contribution in [-0.4, -0.2) is 8.42 Å². The van der Waals surface area contributed by atoms with Crippen molar-refractivity contribution in [3.8, 4) is 0 Å². The summed E-state index contributed by atoms with van der Waals surface area (Å²) in [5.74, 6) is -1.97. The van der Waals surface area contributed by atoms with Gasteiger partial charge in [0.1, 0.15) is 16.5 Å². The van der Waals surface area contributed by atoms with Gasteiger partial charge in [0.15, 0.2) is 0 Å². The lowest BCUT2D eigenvalue weighted by Gasteiger charge is -2.20. The molecule has 0 aliphatic rings. The van der Waals surface area contributed by atoms with Crippen LogP contribution < -0.4 is 4.72 Å². The van der Waals surface area contributed by atoms with E-state index >= 15 is 0 Å². The molecule has 25 heavy (non-hydrogen) atoms. The van der Waals surface area contributed by atoms with Crippen molar-refractivity contribution in [2.24, 2.45) is 0 Å². The van der Waals surface area contributed by atoms with Crippen molar-refractivity contribution in [3.05, 3.63) is 102 Å². The van der Waals surface area contributed by atoms with Gasteiger partial charge in [0, 0.05) is 6.07 Å². The first-order valence-corrected chi connectivity index (χ1v) is 9.03. The van der Waals surface area contributed by atoms with Crippen LogP contribution in [0.2, 0.25) is 0 Å². The van der Waals surface area contributed by atoms with Gasteiger partial charge in [0.2, 0.25) is 10.0 Å². The smallest absolute Gasteiger partial charge is 0.207 e. The Kier molecular flexibility index (Phi) is 4.92. The molecule has 0 atom stereocenters. The van der Waals surface area contributed by atoms with E-state index in [1.165, 1.54) is 0 Å². The summed E-state index contributed by atoms with van der Waals surface area (Å²) in [6, 6.07) is 19.6. The largest absolute Gasteiger partial charge is 0.244 e. The number of benzene rings is 3. The van der Waals surface area contributed by atoms with Crippen LogP contribution in [-0.2, 0) is 10.0 Å². The highest BCUT2D eigenvalue weighted by atomic mass is 32.2. The van der Waals surface area contributed by atoms with Crippen LogP contribution in [0.15, 0.2) is 83.8 Å². The highest BCUT2D eigenvalue weighted by Gasteiger charge is 2.25. The van der Waals surface area contributed by atoms with Crippen molar-refractivity contribution in [1.82, 2.24) is 4.72 Å². The van der Waals surface area contributed by atoms with E-state index in [1.54, 1.807) is 48.5 Å². The van der Waals surface area contributed by atoms with E-state index in [2.05, 4.69) is 4.72 Å². The molecule has 0 heterocycles. The third-order valence-corrected chi connectivity index (χ3v) is 5.18. The summed E-state index contributed by atoms with van der Waals surface area (Å²) in [7, 11) is -4.19. The van der Waals surface area contributed by atoms with Gasteiger partial charge < -0.3 is 0 Å². The van der Waals surface area contributed by atoms with Gasteiger partial charge in [-0.2, -0.15) is 4.72 Å². The molecule has 0 bridgehead atoms. The molecule has 3 aromatic rings. The lowest BCUT2D eigenvalue weighted by atomic mass is 10.00. The van der Waals surface area contributed by atoms with E-state index in [1.807, 2.05) is 12.1 Å². The molecular weight excluding hydrogens is 344 g/mol. The standard InChI is InChI=1S/C19H15F2NO2S/c20-16-11-12-18(17(21)13-16)25(23,24)22-19(14-7-3-1-4-8-14)15-9-5-2-6-10-15/h1-13,19,22H. The fourth-order valence-electron chi connectivity index (χ4n) is 2.53. The lowest BCUT2D eigenvalue weighted by Crippen LogP contribution is -2.30. The molecular formula is C19H15F2NO2S. The van der Waals surface area contributed by atoms with Crippen molar-refractivity contribution in [2.45, 2.75) is 10.9 Å². The molecule has 0 aromatic heterocycles. The van der Waals surface area contributed by atoms with Crippen LogP contribution in [0.5, 0.6) is 0 Å². The summed E-state index contributed by atoms with van der Waals surface area (Å²) < 4.78 is 54.8. The van der Waals surface area contributed by atoms with Crippen LogP contribution in [0.25, 0.3) is 0 Å². The maximum atomic E-state index is 13.9. The van der Waals surface area contributed by atoms with Crippen molar-refractivity contribution in [3.63, 3.8) is 0 Å². The Morgan fingerprint density at radius 3 is 1.76 bits per heavy atom. The zero-order chi connectivity index (χ0) is 17.9. The molecule has 3 rings (SSSR count). The van der Waals surface area contributed by atoms with Gasteiger partial charge in [-0.15, -0.1) is 0 Å². The third kappa shape index (κ3) is 3.92. The second kappa shape index (κ2) is 7.13. The van der Waals surface area contributed by atoms with Gasteiger partial charge in [-0.3, -0.25) is 0 Å². The zero-order valence-corrected chi connectivity index (χ0v) is 13.9. The van der Waals surface area contributed by atoms with E-state index < -0.39 is 32.6 Å². The summed E-state index contributed by atoms with van der Waals surface area (Å²) in [5.41, 5.74) is 1.42.